The predicted molar refractivity (Wildman–Crippen MR) is 96.6 cm³/mol. The van der Waals surface area contributed by atoms with Crippen LogP contribution < -0.4 is 9.64 Å². The third-order valence-electron chi connectivity index (χ3n) is 4.09. The van der Waals surface area contributed by atoms with Crippen molar-refractivity contribution in [3.8, 4) is 5.75 Å². The number of carbonyl (C=O) groups excluding carboxylic acids is 1. The number of rotatable bonds is 5. The van der Waals surface area contributed by atoms with E-state index in [2.05, 4.69) is 4.98 Å². The van der Waals surface area contributed by atoms with Crippen molar-refractivity contribution in [2.75, 3.05) is 37.7 Å². The normalized spacial score (nSPS) is 14.2. The molecule has 26 heavy (non-hydrogen) atoms. The predicted octanol–water partition coefficient (Wildman–Crippen LogP) is 2.37. The number of amides is 1. The minimum Gasteiger partial charge on any atom is -0.484 e. The molecule has 0 saturated carbocycles. The van der Waals surface area contributed by atoms with Crippen LogP contribution in [0.5, 0.6) is 5.75 Å². The molecule has 1 saturated heterocycles. The van der Waals surface area contributed by atoms with Gasteiger partial charge < -0.3 is 24.7 Å². The molecule has 0 atom stereocenters. The van der Waals surface area contributed by atoms with Crippen molar-refractivity contribution < 1.29 is 14.5 Å². The van der Waals surface area contributed by atoms with E-state index in [-0.39, 0.29) is 18.3 Å². The van der Waals surface area contributed by atoms with Crippen LogP contribution in [0.15, 0.2) is 42.6 Å². The van der Waals surface area contributed by atoms with Gasteiger partial charge >= 0.3 is 5.82 Å². The van der Waals surface area contributed by atoms with Crippen LogP contribution in [0.25, 0.3) is 0 Å². The lowest BCUT2D eigenvalue weighted by atomic mass is 10.2. The summed E-state index contributed by atoms with van der Waals surface area (Å²) in [6.45, 7) is 2.35. The molecule has 1 amide bonds. The Balaban J connectivity index is 1.48. The van der Waals surface area contributed by atoms with Crippen molar-refractivity contribution in [2.24, 2.45) is 0 Å². The second-order valence-corrected chi connectivity index (χ2v) is 6.18. The van der Waals surface area contributed by atoms with Gasteiger partial charge in [-0.15, -0.1) is 0 Å². The monoisotopic (exact) mass is 376 g/mol. The highest BCUT2D eigenvalue weighted by atomic mass is 35.5. The lowest BCUT2D eigenvalue weighted by Gasteiger charge is -2.35. The smallest absolute Gasteiger partial charge is 0.363 e. The van der Waals surface area contributed by atoms with E-state index in [1.165, 1.54) is 12.3 Å². The molecule has 9 heteroatoms. The molecule has 1 aliphatic rings. The first-order valence-electron chi connectivity index (χ1n) is 8.04. The fourth-order valence-electron chi connectivity index (χ4n) is 2.65. The molecular formula is C17H17ClN4O4. The van der Waals surface area contributed by atoms with Gasteiger partial charge in [0.25, 0.3) is 5.91 Å². The quantitative estimate of drug-likeness (QED) is 0.588. The molecule has 0 aliphatic carbocycles. The van der Waals surface area contributed by atoms with Crippen molar-refractivity contribution in [3.05, 3.63) is 57.7 Å². The van der Waals surface area contributed by atoms with Crippen LogP contribution >= 0.6 is 11.6 Å². The van der Waals surface area contributed by atoms with Crippen LogP contribution in [0.2, 0.25) is 5.02 Å². The Kier molecular flexibility index (Phi) is 5.52. The number of hydrogen-bond acceptors (Lipinski definition) is 6. The Hall–Kier alpha value is -2.87. The minimum absolute atomic E-state index is 0.0271. The molecule has 0 bridgehead atoms. The highest BCUT2D eigenvalue weighted by Gasteiger charge is 2.22. The second-order valence-electron chi connectivity index (χ2n) is 5.74. The van der Waals surface area contributed by atoms with Crippen LogP contribution in [0.4, 0.5) is 11.5 Å². The van der Waals surface area contributed by atoms with Gasteiger partial charge in [0.05, 0.1) is 5.69 Å². The number of anilines is 1. The molecule has 1 fully saturated rings. The van der Waals surface area contributed by atoms with Gasteiger partial charge in [0.15, 0.2) is 12.8 Å². The molecule has 0 N–H and O–H groups in total. The molecule has 2 aromatic rings. The zero-order valence-corrected chi connectivity index (χ0v) is 14.6. The highest BCUT2D eigenvalue weighted by molar-refractivity contribution is 6.30. The zero-order valence-electron chi connectivity index (χ0n) is 13.9. The maximum atomic E-state index is 12.3. The van der Waals surface area contributed by atoms with Gasteiger partial charge in [0.2, 0.25) is 0 Å². The topological polar surface area (TPSA) is 88.8 Å². The number of hydrogen-bond donors (Lipinski definition) is 0. The number of carbonyl (C=O) groups is 1. The Morgan fingerprint density at radius 1 is 1.15 bits per heavy atom. The Labute approximate surface area is 155 Å². The molecule has 136 valence electrons. The highest BCUT2D eigenvalue weighted by Crippen LogP contribution is 2.19. The van der Waals surface area contributed by atoms with Crippen molar-refractivity contribution in [1.29, 1.82) is 0 Å². The molecule has 0 spiro atoms. The maximum absolute atomic E-state index is 12.3. The maximum Gasteiger partial charge on any atom is 0.363 e. The third kappa shape index (κ3) is 4.40. The summed E-state index contributed by atoms with van der Waals surface area (Å²) in [6, 6.07) is 9.90. The summed E-state index contributed by atoms with van der Waals surface area (Å²) >= 11 is 5.81. The SMILES string of the molecule is O=C(COc1ccc(Cl)cc1)N1CCN(c2ccc([N+](=O)[O-])nc2)CC1. The van der Waals surface area contributed by atoms with E-state index in [9.17, 15) is 14.9 Å². The second kappa shape index (κ2) is 8.01. The summed E-state index contributed by atoms with van der Waals surface area (Å²) in [5.74, 6) is 0.335. The number of halogens is 1. The average Bonchev–Trinajstić information content (AvgIpc) is 2.67. The molecule has 1 aromatic heterocycles. The number of pyridine rings is 1. The van der Waals surface area contributed by atoms with Gasteiger partial charge in [-0.05, 0) is 40.2 Å². The number of ether oxygens (including phenoxy) is 1. The van der Waals surface area contributed by atoms with E-state index in [1.54, 1.807) is 35.2 Å². The van der Waals surface area contributed by atoms with Crippen LogP contribution in [0.3, 0.4) is 0 Å². The van der Waals surface area contributed by atoms with E-state index in [1.807, 2.05) is 4.90 Å². The summed E-state index contributed by atoms with van der Waals surface area (Å²) in [4.78, 5) is 30.0. The van der Waals surface area contributed by atoms with Gasteiger partial charge in [0, 0.05) is 37.3 Å². The summed E-state index contributed by atoms with van der Waals surface area (Å²) in [6.07, 6.45) is 1.49. The molecular weight excluding hydrogens is 360 g/mol. The van der Waals surface area contributed by atoms with E-state index < -0.39 is 4.92 Å². The largest absolute Gasteiger partial charge is 0.484 e. The summed E-state index contributed by atoms with van der Waals surface area (Å²) in [5, 5.41) is 11.3. The Morgan fingerprint density at radius 3 is 2.42 bits per heavy atom. The third-order valence-corrected chi connectivity index (χ3v) is 4.34. The summed E-state index contributed by atoms with van der Waals surface area (Å²) in [7, 11) is 0. The molecule has 3 rings (SSSR count). The van der Waals surface area contributed by atoms with Gasteiger partial charge in [-0.2, -0.15) is 0 Å². The Morgan fingerprint density at radius 2 is 1.85 bits per heavy atom. The average molecular weight is 377 g/mol. The number of nitrogens with zero attached hydrogens (tertiary/aromatic N) is 4. The molecule has 8 nitrogen and oxygen atoms in total. The molecule has 2 heterocycles. The fourth-order valence-corrected chi connectivity index (χ4v) is 2.78. The molecule has 0 unspecified atom stereocenters. The van der Waals surface area contributed by atoms with E-state index >= 15 is 0 Å². The van der Waals surface area contributed by atoms with Crippen molar-refractivity contribution in [2.45, 2.75) is 0 Å². The lowest BCUT2D eigenvalue weighted by Crippen LogP contribution is -2.50. The van der Waals surface area contributed by atoms with Gasteiger partial charge in [-0.1, -0.05) is 11.6 Å². The first-order chi connectivity index (χ1) is 12.5. The first-order valence-corrected chi connectivity index (χ1v) is 8.42. The van der Waals surface area contributed by atoms with E-state index in [0.717, 1.165) is 5.69 Å². The standard InChI is InChI=1S/C17H17ClN4O4/c18-13-1-4-15(5-2-13)26-12-17(23)21-9-7-20(8-10-21)14-3-6-16(19-11-14)22(24)25/h1-6,11H,7-10,12H2. The van der Waals surface area contributed by atoms with Crippen LogP contribution in [0, 0.1) is 10.1 Å². The number of aromatic nitrogens is 1. The summed E-state index contributed by atoms with van der Waals surface area (Å²) in [5.41, 5.74) is 0.806. The minimum atomic E-state index is -0.527. The number of nitro groups is 1. The fraction of sp³-hybridized carbons (Fsp3) is 0.294. The van der Waals surface area contributed by atoms with E-state index in [4.69, 9.17) is 16.3 Å². The van der Waals surface area contributed by atoms with Gasteiger partial charge in [-0.25, -0.2) is 0 Å². The van der Waals surface area contributed by atoms with Gasteiger partial charge in [0.1, 0.15) is 5.75 Å². The summed E-state index contributed by atoms with van der Waals surface area (Å²) < 4.78 is 5.49. The van der Waals surface area contributed by atoms with Crippen molar-refractivity contribution in [1.82, 2.24) is 9.88 Å². The number of piperazine rings is 1. The van der Waals surface area contributed by atoms with Gasteiger partial charge in [-0.3, -0.25) is 4.79 Å². The van der Waals surface area contributed by atoms with E-state index in [0.29, 0.717) is 37.0 Å². The zero-order chi connectivity index (χ0) is 18.5. The number of benzene rings is 1. The Bertz CT molecular complexity index is 774. The van der Waals surface area contributed by atoms with Crippen LogP contribution in [-0.2, 0) is 4.79 Å². The van der Waals surface area contributed by atoms with Crippen molar-refractivity contribution in [3.63, 3.8) is 0 Å². The van der Waals surface area contributed by atoms with Crippen molar-refractivity contribution >= 4 is 29.0 Å². The molecule has 1 aromatic carbocycles. The first kappa shape index (κ1) is 17.9. The van der Waals surface area contributed by atoms with Crippen LogP contribution in [-0.4, -0.2) is 53.5 Å². The molecule has 0 radical (unpaired) electrons. The van der Waals surface area contributed by atoms with Crippen LogP contribution in [0.1, 0.15) is 0 Å². The lowest BCUT2D eigenvalue weighted by molar-refractivity contribution is -0.389. The molecule has 1 aliphatic heterocycles.